The number of fused-ring (bicyclic) bond motifs is 1. The van der Waals surface area contributed by atoms with Crippen LogP contribution in [0.3, 0.4) is 0 Å². The first-order chi connectivity index (χ1) is 12.7. The minimum Gasteiger partial charge on any atom is -0.422 e. The summed E-state index contributed by atoms with van der Waals surface area (Å²) in [5.41, 5.74) is 0.998. The fourth-order valence-electron chi connectivity index (χ4n) is 3.24. The Labute approximate surface area is 154 Å². The van der Waals surface area contributed by atoms with Crippen LogP contribution in [0.4, 0.5) is 0 Å². The summed E-state index contributed by atoms with van der Waals surface area (Å²) in [6.07, 6.45) is 1.95. The molecule has 4 rings (SSSR count). The molecule has 0 spiro atoms. The van der Waals surface area contributed by atoms with E-state index in [-0.39, 0.29) is 17.6 Å². The Morgan fingerprint density at radius 2 is 2.15 bits per heavy atom. The summed E-state index contributed by atoms with van der Waals surface area (Å²) in [5.74, 6) is -0.314. The lowest BCUT2D eigenvalue weighted by Gasteiger charge is -2.25. The number of carbonyl (C=O) groups excluding carboxylic acids is 1. The molecule has 1 fully saturated rings. The molecular weight excluding hydrogens is 350 g/mol. The molecule has 0 N–H and O–H groups in total. The topological polar surface area (TPSA) is 59.8 Å². The van der Waals surface area contributed by atoms with E-state index in [1.165, 1.54) is 0 Å². The van der Waals surface area contributed by atoms with Gasteiger partial charge in [-0.3, -0.25) is 4.79 Å². The first-order valence-corrected chi connectivity index (χ1v) is 9.60. The number of benzene rings is 1. The molecule has 1 amide bonds. The van der Waals surface area contributed by atoms with Crippen molar-refractivity contribution < 1.29 is 13.9 Å². The van der Waals surface area contributed by atoms with Gasteiger partial charge in [-0.15, -0.1) is 0 Å². The van der Waals surface area contributed by atoms with Crippen LogP contribution in [0.5, 0.6) is 0 Å². The lowest BCUT2D eigenvalue weighted by Crippen LogP contribution is -2.38. The van der Waals surface area contributed by atoms with Gasteiger partial charge in [-0.1, -0.05) is 18.2 Å². The van der Waals surface area contributed by atoms with E-state index in [2.05, 4.69) is 0 Å². The lowest BCUT2D eigenvalue weighted by atomic mass is 10.1. The number of hydrogen-bond donors (Lipinski definition) is 0. The third-order valence-electron chi connectivity index (χ3n) is 4.56. The molecule has 1 aliphatic heterocycles. The van der Waals surface area contributed by atoms with Crippen molar-refractivity contribution in [1.29, 1.82) is 0 Å². The second-order valence-corrected chi connectivity index (χ2v) is 7.22. The lowest BCUT2D eigenvalue weighted by molar-refractivity contribution is 0.0504. The molecule has 3 aromatic rings. The fourth-order valence-corrected chi connectivity index (χ4v) is 3.90. The predicted molar refractivity (Wildman–Crippen MR) is 101 cm³/mol. The van der Waals surface area contributed by atoms with Gasteiger partial charge in [0.15, 0.2) is 0 Å². The van der Waals surface area contributed by atoms with Crippen LogP contribution < -0.4 is 5.63 Å². The standard InChI is InChI=1S/C20H19NO4S/c22-19(17-10-15-4-1-2-6-18(15)25-20(17)23)21(11-14-7-9-26-13-14)12-16-5-3-8-24-16/h1-2,4,6-7,9-10,13,16H,3,5,8,11-12H2. The maximum absolute atomic E-state index is 13.1. The van der Waals surface area contributed by atoms with Crippen LogP contribution in [-0.2, 0) is 11.3 Å². The molecule has 1 aromatic carbocycles. The monoisotopic (exact) mass is 369 g/mol. The van der Waals surface area contributed by atoms with Crippen molar-refractivity contribution in [3.8, 4) is 0 Å². The number of rotatable bonds is 5. The maximum Gasteiger partial charge on any atom is 0.349 e. The molecule has 26 heavy (non-hydrogen) atoms. The van der Waals surface area contributed by atoms with Gasteiger partial charge >= 0.3 is 5.63 Å². The van der Waals surface area contributed by atoms with E-state index in [1.807, 2.05) is 29.0 Å². The summed E-state index contributed by atoms with van der Waals surface area (Å²) < 4.78 is 11.0. The van der Waals surface area contributed by atoms with E-state index in [1.54, 1.807) is 34.4 Å². The van der Waals surface area contributed by atoms with E-state index in [9.17, 15) is 9.59 Å². The molecule has 134 valence electrons. The zero-order chi connectivity index (χ0) is 17.9. The maximum atomic E-state index is 13.1. The Morgan fingerprint density at radius 1 is 1.27 bits per heavy atom. The smallest absolute Gasteiger partial charge is 0.349 e. The van der Waals surface area contributed by atoms with Gasteiger partial charge in [-0.2, -0.15) is 11.3 Å². The molecule has 1 aliphatic rings. The number of carbonyl (C=O) groups is 1. The van der Waals surface area contributed by atoms with Crippen LogP contribution in [-0.4, -0.2) is 30.1 Å². The van der Waals surface area contributed by atoms with Crippen molar-refractivity contribution in [1.82, 2.24) is 4.90 Å². The number of ether oxygens (including phenoxy) is 1. The van der Waals surface area contributed by atoms with Gasteiger partial charge in [0, 0.05) is 25.1 Å². The highest BCUT2D eigenvalue weighted by Crippen LogP contribution is 2.19. The second-order valence-electron chi connectivity index (χ2n) is 6.44. The van der Waals surface area contributed by atoms with Gasteiger partial charge in [-0.25, -0.2) is 4.79 Å². The molecule has 0 bridgehead atoms. The average molecular weight is 369 g/mol. The quantitative estimate of drug-likeness (QED) is 0.644. The van der Waals surface area contributed by atoms with Gasteiger partial charge in [-0.05, 0) is 47.4 Å². The second kappa shape index (κ2) is 7.43. The predicted octanol–water partition coefficient (Wildman–Crippen LogP) is 3.68. The van der Waals surface area contributed by atoms with Gasteiger partial charge < -0.3 is 14.1 Å². The number of para-hydroxylation sites is 1. The summed E-state index contributed by atoms with van der Waals surface area (Å²) in [5, 5.41) is 4.73. The summed E-state index contributed by atoms with van der Waals surface area (Å²) >= 11 is 1.59. The third kappa shape index (κ3) is 3.57. The normalized spacial score (nSPS) is 16.8. The molecule has 0 radical (unpaired) electrons. The molecule has 2 aromatic heterocycles. The highest BCUT2D eigenvalue weighted by molar-refractivity contribution is 7.07. The van der Waals surface area contributed by atoms with Crippen LogP contribution in [0.15, 0.2) is 56.4 Å². The Balaban J connectivity index is 1.66. The molecule has 0 saturated carbocycles. The Hall–Kier alpha value is -2.44. The van der Waals surface area contributed by atoms with Crippen molar-refractivity contribution >= 4 is 28.2 Å². The number of hydrogen-bond acceptors (Lipinski definition) is 5. The van der Waals surface area contributed by atoms with Gasteiger partial charge in [0.25, 0.3) is 5.91 Å². The Morgan fingerprint density at radius 3 is 2.92 bits per heavy atom. The zero-order valence-corrected chi connectivity index (χ0v) is 15.0. The van der Waals surface area contributed by atoms with Crippen molar-refractivity contribution in [3.05, 3.63) is 68.7 Å². The molecule has 3 heterocycles. The van der Waals surface area contributed by atoms with Gasteiger partial charge in [0.1, 0.15) is 11.1 Å². The zero-order valence-electron chi connectivity index (χ0n) is 14.2. The van der Waals surface area contributed by atoms with Crippen LogP contribution in [0.1, 0.15) is 28.8 Å². The van der Waals surface area contributed by atoms with Gasteiger partial charge in [0.2, 0.25) is 0 Å². The summed E-state index contributed by atoms with van der Waals surface area (Å²) in [6, 6.07) is 10.8. The van der Waals surface area contributed by atoms with E-state index >= 15 is 0 Å². The fraction of sp³-hybridized carbons (Fsp3) is 0.300. The summed E-state index contributed by atoms with van der Waals surface area (Å²) in [4.78, 5) is 27.2. The van der Waals surface area contributed by atoms with Crippen molar-refractivity contribution in [2.45, 2.75) is 25.5 Å². The van der Waals surface area contributed by atoms with Crippen molar-refractivity contribution in [2.24, 2.45) is 0 Å². The number of amides is 1. The average Bonchev–Trinajstić information content (AvgIpc) is 3.34. The summed E-state index contributed by atoms with van der Waals surface area (Å²) in [6.45, 7) is 1.65. The van der Waals surface area contributed by atoms with E-state index in [0.717, 1.165) is 30.4 Å². The largest absolute Gasteiger partial charge is 0.422 e. The Kier molecular flexibility index (Phi) is 4.86. The molecule has 1 atom stereocenters. The molecular formula is C20H19NO4S. The number of nitrogens with zero attached hydrogens (tertiary/aromatic N) is 1. The molecule has 0 aliphatic carbocycles. The van der Waals surface area contributed by atoms with E-state index in [0.29, 0.717) is 18.7 Å². The molecule has 6 heteroatoms. The summed E-state index contributed by atoms with van der Waals surface area (Å²) in [7, 11) is 0. The molecule has 5 nitrogen and oxygen atoms in total. The van der Waals surface area contributed by atoms with Gasteiger partial charge in [0.05, 0.1) is 6.10 Å². The van der Waals surface area contributed by atoms with E-state index in [4.69, 9.17) is 9.15 Å². The molecule has 1 saturated heterocycles. The highest BCUT2D eigenvalue weighted by atomic mass is 32.1. The van der Waals surface area contributed by atoms with Crippen LogP contribution in [0, 0.1) is 0 Å². The van der Waals surface area contributed by atoms with Crippen molar-refractivity contribution in [2.75, 3.05) is 13.2 Å². The minimum absolute atomic E-state index is 0.0186. The van der Waals surface area contributed by atoms with Crippen molar-refractivity contribution in [3.63, 3.8) is 0 Å². The SMILES string of the molecule is O=C(c1cc2ccccc2oc1=O)N(Cc1ccsc1)CC1CCCO1. The van der Waals surface area contributed by atoms with Crippen LogP contribution in [0.2, 0.25) is 0 Å². The first kappa shape index (κ1) is 17.0. The Bertz CT molecular complexity index is 957. The third-order valence-corrected chi connectivity index (χ3v) is 5.29. The highest BCUT2D eigenvalue weighted by Gasteiger charge is 2.26. The van der Waals surface area contributed by atoms with Crippen LogP contribution >= 0.6 is 11.3 Å². The van der Waals surface area contributed by atoms with Crippen LogP contribution in [0.25, 0.3) is 11.0 Å². The molecule has 1 unspecified atom stereocenters. The number of thiophene rings is 1. The van der Waals surface area contributed by atoms with E-state index < -0.39 is 5.63 Å². The minimum atomic E-state index is -0.601. The first-order valence-electron chi connectivity index (χ1n) is 8.65.